The van der Waals surface area contributed by atoms with Crippen LogP contribution in [-0.2, 0) is 6.54 Å². The molecule has 1 aromatic rings. The van der Waals surface area contributed by atoms with Gasteiger partial charge in [0.1, 0.15) is 6.54 Å². The molecule has 1 aromatic heterocycles. The summed E-state index contributed by atoms with van der Waals surface area (Å²) in [6.45, 7) is 5.19. The fourth-order valence-corrected chi connectivity index (χ4v) is 0.816. The van der Waals surface area contributed by atoms with Crippen LogP contribution in [0, 0.1) is 6.92 Å². The topological polar surface area (TPSA) is 16.8 Å². The Kier molecular flexibility index (Phi) is 1.78. The Morgan fingerprint density at radius 3 is 2.89 bits per heavy atom. The summed E-state index contributed by atoms with van der Waals surface area (Å²) < 4.78 is 2.15. The van der Waals surface area contributed by atoms with Crippen LogP contribution in [0.15, 0.2) is 18.6 Å². The second kappa shape index (κ2) is 2.58. The smallest absolute Gasteiger partial charge is 0.196 e. The molecular weight excluding hydrogens is 112 g/mol. The summed E-state index contributed by atoms with van der Waals surface area (Å²) in [7, 11) is 0. The molecular formula is C7H11N2+. The first kappa shape index (κ1) is 6.20. The summed E-state index contributed by atoms with van der Waals surface area (Å²) in [5.41, 5.74) is 1.21. The van der Waals surface area contributed by atoms with Gasteiger partial charge < -0.3 is 0 Å². The van der Waals surface area contributed by atoms with Crippen molar-refractivity contribution in [2.24, 2.45) is 0 Å². The lowest BCUT2D eigenvalue weighted by molar-refractivity contribution is -0.699. The van der Waals surface area contributed by atoms with E-state index in [9.17, 15) is 0 Å². The van der Waals surface area contributed by atoms with Crippen LogP contribution in [0.1, 0.15) is 12.6 Å². The van der Waals surface area contributed by atoms with E-state index < -0.39 is 0 Å². The minimum Gasteiger partial charge on any atom is -0.252 e. The summed E-state index contributed by atoms with van der Waals surface area (Å²) >= 11 is 0. The molecule has 0 aliphatic carbocycles. The summed E-state index contributed by atoms with van der Waals surface area (Å²) in [5.74, 6) is 0. The average molecular weight is 123 g/mol. The molecule has 0 saturated heterocycles. The Hall–Kier alpha value is -0.920. The number of hydrogen-bond donors (Lipinski definition) is 0. The lowest BCUT2D eigenvalue weighted by Crippen LogP contribution is -2.35. The fraction of sp³-hybridized carbons (Fsp3) is 0.429. The van der Waals surface area contributed by atoms with E-state index in [1.807, 2.05) is 12.4 Å². The van der Waals surface area contributed by atoms with Gasteiger partial charge in [0.25, 0.3) is 0 Å². The number of aromatic nitrogens is 2. The lowest BCUT2D eigenvalue weighted by Gasteiger charge is -1.91. The van der Waals surface area contributed by atoms with Gasteiger partial charge in [-0.3, -0.25) is 4.98 Å². The van der Waals surface area contributed by atoms with Crippen LogP contribution in [0.4, 0.5) is 0 Å². The molecule has 9 heavy (non-hydrogen) atoms. The molecule has 0 amide bonds. The van der Waals surface area contributed by atoms with Gasteiger partial charge in [-0.25, -0.2) is 4.57 Å². The van der Waals surface area contributed by atoms with Crippen molar-refractivity contribution in [3.63, 3.8) is 0 Å². The monoisotopic (exact) mass is 123 g/mol. The quantitative estimate of drug-likeness (QED) is 0.502. The van der Waals surface area contributed by atoms with Crippen molar-refractivity contribution in [1.82, 2.24) is 4.98 Å². The molecule has 0 bridgehead atoms. The molecule has 1 rings (SSSR count). The normalized spacial score (nSPS) is 9.56. The van der Waals surface area contributed by atoms with Gasteiger partial charge in [0.05, 0.1) is 12.4 Å². The van der Waals surface area contributed by atoms with Crippen molar-refractivity contribution in [3.8, 4) is 0 Å². The second-order valence-corrected chi connectivity index (χ2v) is 2.00. The van der Waals surface area contributed by atoms with Gasteiger partial charge in [0, 0.05) is 6.92 Å². The molecule has 0 unspecified atom stereocenters. The van der Waals surface area contributed by atoms with E-state index in [4.69, 9.17) is 0 Å². The summed E-state index contributed by atoms with van der Waals surface area (Å²) in [6.07, 6.45) is 5.65. The van der Waals surface area contributed by atoms with Gasteiger partial charge in [-0.05, 0) is 6.92 Å². The molecule has 0 radical (unpaired) electrons. The van der Waals surface area contributed by atoms with Crippen molar-refractivity contribution in [3.05, 3.63) is 24.3 Å². The molecule has 0 saturated carbocycles. The third-order valence-corrected chi connectivity index (χ3v) is 1.39. The van der Waals surface area contributed by atoms with Gasteiger partial charge in [-0.15, -0.1) is 0 Å². The van der Waals surface area contributed by atoms with E-state index in [0.717, 1.165) is 6.54 Å². The molecule has 0 spiro atoms. The summed E-state index contributed by atoms with van der Waals surface area (Å²) in [6, 6.07) is 0. The molecule has 0 aliphatic heterocycles. The highest BCUT2D eigenvalue weighted by Crippen LogP contribution is 1.81. The molecule has 2 nitrogen and oxygen atoms in total. The van der Waals surface area contributed by atoms with Gasteiger partial charge in [0.15, 0.2) is 11.9 Å². The van der Waals surface area contributed by atoms with E-state index in [0.29, 0.717) is 0 Å². The molecule has 0 atom stereocenters. The summed E-state index contributed by atoms with van der Waals surface area (Å²) in [5, 5.41) is 0. The van der Waals surface area contributed by atoms with E-state index in [2.05, 4.69) is 23.4 Å². The van der Waals surface area contributed by atoms with E-state index >= 15 is 0 Å². The third kappa shape index (κ3) is 1.25. The number of hydrogen-bond acceptors (Lipinski definition) is 1. The van der Waals surface area contributed by atoms with Crippen LogP contribution < -0.4 is 4.57 Å². The molecule has 0 aromatic carbocycles. The van der Waals surface area contributed by atoms with E-state index in [1.165, 1.54) is 5.69 Å². The fourth-order valence-electron chi connectivity index (χ4n) is 0.816. The van der Waals surface area contributed by atoms with Crippen molar-refractivity contribution in [2.45, 2.75) is 20.4 Å². The third-order valence-electron chi connectivity index (χ3n) is 1.39. The van der Waals surface area contributed by atoms with Crippen LogP contribution in [0.5, 0.6) is 0 Å². The van der Waals surface area contributed by atoms with Crippen LogP contribution in [-0.4, -0.2) is 4.98 Å². The predicted molar refractivity (Wildman–Crippen MR) is 34.8 cm³/mol. The minimum atomic E-state index is 1.02. The maximum atomic E-state index is 3.97. The number of nitrogens with zero attached hydrogens (tertiary/aromatic N) is 2. The van der Waals surface area contributed by atoms with E-state index in [-0.39, 0.29) is 0 Å². The lowest BCUT2D eigenvalue weighted by atomic mass is 10.5. The van der Waals surface area contributed by atoms with Gasteiger partial charge >= 0.3 is 0 Å². The van der Waals surface area contributed by atoms with Crippen LogP contribution in [0.3, 0.4) is 0 Å². The van der Waals surface area contributed by atoms with Crippen molar-refractivity contribution in [1.29, 1.82) is 0 Å². The maximum Gasteiger partial charge on any atom is 0.196 e. The zero-order chi connectivity index (χ0) is 6.69. The molecule has 0 fully saturated rings. The SMILES string of the molecule is CC[n+]1ccncc1C. The first-order chi connectivity index (χ1) is 4.34. The maximum absolute atomic E-state index is 3.97. The largest absolute Gasteiger partial charge is 0.252 e. The zero-order valence-corrected chi connectivity index (χ0v) is 5.83. The summed E-state index contributed by atoms with van der Waals surface area (Å²) in [4.78, 5) is 3.97. The highest BCUT2D eigenvalue weighted by molar-refractivity contribution is 4.80. The zero-order valence-electron chi connectivity index (χ0n) is 5.83. The first-order valence-corrected chi connectivity index (χ1v) is 3.14. The van der Waals surface area contributed by atoms with Gasteiger partial charge in [-0.1, -0.05) is 0 Å². The highest BCUT2D eigenvalue weighted by atomic mass is 15.0. The van der Waals surface area contributed by atoms with Crippen LogP contribution in [0.25, 0.3) is 0 Å². The van der Waals surface area contributed by atoms with E-state index in [1.54, 1.807) is 6.20 Å². The predicted octanol–water partition coefficient (Wildman–Crippen LogP) is 0.697. The van der Waals surface area contributed by atoms with Crippen LogP contribution >= 0.6 is 0 Å². The molecule has 1 heterocycles. The Labute approximate surface area is 55.2 Å². The Morgan fingerprint density at radius 2 is 2.44 bits per heavy atom. The van der Waals surface area contributed by atoms with Crippen LogP contribution in [0.2, 0.25) is 0 Å². The Bertz CT molecular complexity index is 196. The van der Waals surface area contributed by atoms with Gasteiger partial charge in [0.2, 0.25) is 0 Å². The average Bonchev–Trinajstić information content (AvgIpc) is 1.89. The van der Waals surface area contributed by atoms with Crippen molar-refractivity contribution < 1.29 is 4.57 Å². The molecule has 0 aliphatic rings. The number of rotatable bonds is 1. The second-order valence-electron chi connectivity index (χ2n) is 2.00. The number of aryl methyl sites for hydroxylation is 2. The molecule has 0 N–H and O–H groups in total. The standard InChI is InChI=1S/C7H11N2/c1-3-9-5-4-8-6-7(9)2/h4-6H,3H2,1-2H3/q+1. The Morgan fingerprint density at radius 1 is 1.67 bits per heavy atom. The van der Waals surface area contributed by atoms with Gasteiger partial charge in [-0.2, -0.15) is 0 Å². The van der Waals surface area contributed by atoms with Crippen molar-refractivity contribution in [2.75, 3.05) is 0 Å². The highest BCUT2D eigenvalue weighted by Gasteiger charge is 1.98. The minimum absolute atomic E-state index is 1.02. The molecule has 2 heteroatoms. The Balaban J connectivity index is 3.01. The van der Waals surface area contributed by atoms with Crippen molar-refractivity contribution >= 4 is 0 Å². The first-order valence-electron chi connectivity index (χ1n) is 3.14. The molecule has 48 valence electrons.